The van der Waals surface area contributed by atoms with Crippen LogP contribution >= 0.6 is 11.6 Å². The summed E-state index contributed by atoms with van der Waals surface area (Å²) in [6, 6.07) is 5.53. The molecule has 0 aliphatic carbocycles. The molecule has 0 saturated carbocycles. The van der Waals surface area contributed by atoms with Gasteiger partial charge in [0.05, 0.1) is 22.6 Å². The second-order valence-corrected chi connectivity index (χ2v) is 6.31. The number of hydrogen-bond donors (Lipinski definition) is 1. The highest BCUT2D eigenvalue weighted by Crippen LogP contribution is 2.27. The zero-order valence-electron chi connectivity index (χ0n) is 10.9. The maximum Gasteiger partial charge on any atom is 0.336 e. The van der Waals surface area contributed by atoms with Gasteiger partial charge in [-0.25, -0.2) is 13.2 Å². The van der Waals surface area contributed by atoms with E-state index >= 15 is 0 Å². The van der Waals surface area contributed by atoms with E-state index in [1.165, 1.54) is 6.92 Å². The van der Waals surface area contributed by atoms with Crippen LogP contribution in [0.1, 0.15) is 15.9 Å². The highest BCUT2D eigenvalue weighted by atomic mass is 35.5. The Morgan fingerprint density at radius 2 is 1.86 bits per heavy atom. The Morgan fingerprint density at radius 1 is 1.33 bits per heavy atom. The average molecular weight is 328 g/mol. The fraction of sp³-hybridized carbons (Fsp3) is 0.250. The minimum Gasteiger partial charge on any atom is -0.478 e. The summed E-state index contributed by atoms with van der Waals surface area (Å²) in [5.41, 5.74) is -0.261. The van der Waals surface area contributed by atoms with Gasteiger partial charge >= 0.3 is 5.97 Å². The van der Waals surface area contributed by atoms with Crippen molar-refractivity contribution in [3.05, 3.63) is 28.3 Å². The maximum atomic E-state index is 12.4. The Morgan fingerprint density at radius 3 is 2.29 bits per heavy atom. The van der Waals surface area contributed by atoms with Gasteiger partial charge in [0.15, 0.2) is 0 Å². The van der Waals surface area contributed by atoms with Gasteiger partial charge in [-0.3, -0.25) is 0 Å². The lowest BCUT2D eigenvalue weighted by atomic mass is 10.1. The molecule has 1 rings (SSSR count). The number of sulfonamides is 1. The first-order valence-electron chi connectivity index (χ1n) is 5.53. The van der Waals surface area contributed by atoms with Gasteiger partial charge in [0.1, 0.15) is 13.1 Å². The van der Waals surface area contributed by atoms with Crippen molar-refractivity contribution in [2.75, 3.05) is 13.1 Å². The average Bonchev–Trinajstić information content (AvgIpc) is 2.40. The lowest BCUT2D eigenvalue weighted by molar-refractivity contribution is 0.0696. The smallest absolute Gasteiger partial charge is 0.336 e. The van der Waals surface area contributed by atoms with E-state index in [0.29, 0.717) is 4.31 Å². The van der Waals surface area contributed by atoms with Crippen LogP contribution in [0.15, 0.2) is 17.0 Å². The van der Waals surface area contributed by atoms with Gasteiger partial charge in [-0.05, 0) is 24.6 Å². The number of hydrogen-bond acceptors (Lipinski definition) is 5. The molecule has 0 radical (unpaired) electrons. The van der Waals surface area contributed by atoms with E-state index in [1.807, 2.05) is 0 Å². The van der Waals surface area contributed by atoms with E-state index in [0.717, 1.165) is 12.1 Å². The van der Waals surface area contributed by atoms with E-state index in [9.17, 15) is 13.2 Å². The highest BCUT2D eigenvalue weighted by Gasteiger charge is 2.28. The molecule has 110 valence electrons. The van der Waals surface area contributed by atoms with Crippen LogP contribution in [-0.4, -0.2) is 36.9 Å². The molecule has 0 bridgehead atoms. The third kappa shape index (κ3) is 3.50. The highest BCUT2D eigenvalue weighted by molar-refractivity contribution is 7.89. The molecule has 0 fully saturated rings. The van der Waals surface area contributed by atoms with Gasteiger partial charge in [-0.2, -0.15) is 14.8 Å². The van der Waals surface area contributed by atoms with Gasteiger partial charge < -0.3 is 5.11 Å². The van der Waals surface area contributed by atoms with E-state index in [4.69, 9.17) is 27.2 Å². The minimum absolute atomic E-state index is 0.00669. The number of benzene rings is 1. The fourth-order valence-corrected chi connectivity index (χ4v) is 3.46. The van der Waals surface area contributed by atoms with E-state index in [1.54, 1.807) is 12.1 Å². The molecule has 1 aromatic carbocycles. The summed E-state index contributed by atoms with van der Waals surface area (Å²) in [4.78, 5) is 10.8. The Kier molecular flexibility index (Phi) is 5.28. The number of carboxylic acids is 1. The molecule has 9 heteroatoms. The molecule has 0 heterocycles. The molecule has 7 nitrogen and oxygen atoms in total. The van der Waals surface area contributed by atoms with Crippen molar-refractivity contribution in [2.24, 2.45) is 0 Å². The first-order chi connectivity index (χ1) is 9.75. The molecule has 0 aliphatic rings. The minimum atomic E-state index is -4.19. The predicted molar refractivity (Wildman–Crippen MR) is 73.1 cm³/mol. The number of nitriles is 2. The van der Waals surface area contributed by atoms with Crippen LogP contribution in [0.3, 0.4) is 0 Å². The first kappa shape index (κ1) is 16.9. The Balaban J connectivity index is 3.55. The van der Waals surface area contributed by atoms with Crippen LogP contribution in [0.5, 0.6) is 0 Å². The van der Waals surface area contributed by atoms with Gasteiger partial charge in [0.2, 0.25) is 10.0 Å². The Bertz CT molecular complexity index is 746. The molecule has 0 atom stereocenters. The SMILES string of the molecule is Cc1c(C(=O)O)cc(Cl)cc1S(=O)(=O)N(CC#N)CC#N. The summed E-state index contributed by atoms with van der Waals surface area (Å²) < 4.78 is 25.5. The largest absolute Gasteiger partial charge is 0.478 e. The number of aromatic carboxylic acids is 1. The zero-order valence-corrected chi connectivity index (χ0v) is 12.4. The third-order valence-corrected chi connectivity index (χ3v) is 4.80. The van der Waals surface area contributed by atoms with Crippen LogP contribution < -0.4 is 0 Å². The molecule has 21 heavy (non-hydrogen) atoms. The summed E-state index contributed by atoms with van der Waals surface area (Å²) in [6.07, 6.45) is 0. The van der Waals surface area contributed by atoms with Gasteiger partial charge in [0, 0.05) is 5.02 Å². The lowest BCUT2D eigenvalue weighted by Gasteiger charge is -2.18. The van der Waals surface area contributed by atoms with Crippen molar-refractivity contribution in [3.63, 3.8) is 0 Å². The Labute approximate surface area is 126 Å². The topological polar surface area (TPSA) is 122 Å². The fourth-order valence-electron chi connectivity index (χ4n) is 1.67. The van der Waals surface area contributed by atoms with Crippen molar-refractivity contribution in [2.45, 2.75) is 11.8 Å². The van der Waals surface area contributed by atoms with Crippen molar-refractivity contribution >= 4 is 27.6 Å². The molecule has 0 spiro atoms. The third-order valence-electron chi connectivity index (χ3n) is 2.67. The molecule has 0 unspecified atom stereocenters. The van der Waals surface area contributed by atoms with Crippen molar-refractivity contribution < 1.29 is 18.3 Å². The van der Waals surface area contributed by atoms with Crippen LogP contribution in [0.2, 0.25) is 5.02 Å². The van der Waals surface area contributed by atoms with Gasteiger partial charge in [-0.15, -0.1) is 0 Å². The number of nitrogens with zero attached hydrogens (tertiary/aromatic N) is 3. The lowest BCUT2D eigenvalue weighted by Crippen LogP contribution is -2.32. The standard InChI is InChI=1S/C12H10ClN3O4S/c1-8-10(12(17)18)6-9(13)7-11(8)21(19,20)16(4-2-14)5-3-15/h6-7H,4-5H2,1H3,(H,17,18). The number of rotatable bonds is 5. The summed E-state index contributed by atoms with van der Waals surface area (Å²) in [5, 5.41) is 26.3. The van der Waals surface area contributed by atoms with Gasteiger partial charge in [-0.1, -0.05) is 11.6 Å². The Hall–Kier alpha value is -2.13. The molecular weight excluding hydrogens is 318 g/mol. The summed E-state index contributed by atoms with van der Waals surface area (Å²) in [7, 11) is -4.19. The van der Waals surface area contributed by atoms with Crippen molar-refractivity contribution in [3.8, 4) is 12.1 Å². The van der Waals surface area contributed by atoms with Crippen molar-refractivity contribution in [1.82, 2.24) is 4.31 Å². The molecule has 0 saturated heterocycles. The summed E-state index contributed by atoms with van der Waals surface area (Å²) >= 11 is 5.75. The summed E-state index contributed by atoms with van der Waals surface area (Å²) in [5.74, 6) is -1.32. The second kappa shape index (κ2) is 6.55. The monoisotopic (exact) mass is 327 g/mol. The molecule has 1 N–H and O–H groups in total. The number of carboxylic acid groups (broad SMARTS) is 1. The number of halogens is 1. The maximum absolute atomic E-state index is 12.4. The normalized spacial score (nSPS) is 10.9. The second-order valence-electron chi connectivity index (χ2n) is 3.97. The van der Waals surface area contributed by atoms with Crippen LogP contribution in [0, 0.1) is 29.6 Å². The quantitative estimate of drug-likeness (QED) is 0.815. The van der Waals surface area contributed by atoms with Gasteiger partial charge in [0.25, 0.3) is 0 Å². The van der Waals surface area contributed by atoms with E-state index < -0.39 is 29.1 Å². The van der Waals surface area contributed by atoms with E-state index in [2.05, 4.69) is 0 Å². The first-order valence-corrected chi connectivity index (χ1v) is 7.35. The molecular formula is C12H10ClN3O4S. The zero-order chi connectivity index (χ0) is 16.2. The summed E-state index contributed by atoms with van der Waals surface area (Å²) in [6.45, 7) is 0.276. The molecule has 0 aliphatic heterocycles. The predicted octanol–water partition coefficient (Wildman–Crippen LogP) is 1.38. The number of carbonyl (C=O) groups is 1. The molecule has 0 amide bonds. The van der Waals surface area contributed by atoms with E-state index in [-0.39, 0.29) is 21.0 Å². The van der Waals surface area contributed by atoms with Crippen LogP contribution in [0.25, 0.3) is 0 Å². The van der Waals surface area contributed by atoms with Crippen LogP contribution in [0.4, 0.5) is 0 Å². The van der Waals surface area contributed by atoms with Crippen LogP contribution in [-0.2, 0) is 10.0 Å². The molecule has 1 aromatic rings. The molecule has 0 aromatic heterocycles. The van der Waals surface area contributed by atoms with Crippen molar-refractivity contribution in [1.29, 1.82) is 10.5 Å².